The Hall–Kier alpha value is -1.42. The summed E-state index contributed by atoms with van der Waals surface area (Å²) in [4.78, 5) is 12.3. The number of carbonyl (C=O) groups excluding carboxylic acids is 1. The molecule has 92 valence electrons. The number of nitrogens with two attached hydrogens (primary N) is 1. The van der Waals surface area contributed by atoms with Crippen molar-refractivity contribution in [2.45, 2.75) is 26.8 Å². The van der Waals surface area contributed by atoms with E-state index in [4.69, 9.17) is 18.0 Å². The summed E-state index contributed by atoms with van der Waals surface area (Å²) < 4.78 is 0. The van der Waals surface area contributed by atoms with E-state index in [1.165, 1.54) is 0 Å². The number of thiocarbonyl (C=S) groups is 1. The van der Waals surface area contributed by atoms with Crippen molar-refractivity contribution in [2.24, 2.45) is 11.7 Å². The van der Waals surface area contributed by atoms with E-state index in [0.717, 1.165) is 5.56 Å². The first-order chi connectivity index (χ1) is 7.91. The van der Waals surface area contributed by atoms with Crippen molar-refractivity contribution in [1.82, 2.24) is 5.32 Å². The second-order valence-corrected chi connectivity index (χ2v) is 4.93. The Bertz CT molecular complexity index is 412. The number of amides is 1. The van der Waals surface area contributed by atoms with Gasteiger partial charge in [-0.3, -0.25) is 4.79 Å². The molecule has 1 rings (SSSR count). The van der Waals surface area contributed by atoms with Crippen molar-refractivity contribution in [3.63, 3.8) is 0 Å². The summed E-state index contributed by atoms with van der Waals surface area (Å²) in [5, 5.41) is 2.85. The van der Waals surface area contributed by atoms with Crippen LogP contribution in [0.3, 0.4) is 0 Å². The molecule has 0 fully saturated rings. The van der Waals surface area contributed by atoms with Gasteiger partial charge >= 0.3 is 0 Å². The summed E-state index contributed by atoms with van der Waals surface area (Å²) in [7, 11) is 0. The van der Waals surface area contributed by atoms with Crippen LogP contribution >= 0.6 is 12.2 Å². The average Bonchev–Trinajstić information content (AvgIpc) is 2.25. The summed E-state index contributed by atoms with van der Waals surface area (Å²) in [5.41, 5.74) is 7.35. The van der Waals surface area contributed by atoms with Crippen LogP contribution in [0.4, 0.5) is 0 Å². The van der Waals surface area contributed by atoms with Crippen molar-refractivity contribution in [3.05, 3.63) is 35.4 Å². The predicted molar refractivity (Wildman–Crippen MR) is 74.1 cm³/mol. The van der Waals surface area contributed by atoms with Gasteiger partial charge in [-0.05, 0) is 25.0 Å². The van der Waals surface area contributed by atoms with Crippen molar-refractivity contribution in [3.8, 4) is 0 Å². The first-order valence-electron chi connectivity index (χ1n) is 5.58. The van der Waals surface area contributed by atoms with Gasteiger partial charge in [0.25, 0.3) is 5.91 Å². The van der Waals surface area contributed by atoms with E-state index >= 15 is 0 Å². The minimum atomic E-state index is -0.265. The molecule has 3 nitrogen and oxygen atoms in total. The molecular formula is C13H18N2OS. The van der Waals surface area contributed by atoms with Gasteiger partial charge in [-0.15, -0.1) is 0 Å². The lowest BCUT2D eigenvalue weighted by atomic mass is 10.0. The molecule has 4 heteroatoms. The van der Waals surface area contributed by atoms with Gasteiger partial charge in [-0.2, -0.15) is 0 Å². The third-order valence-electron chi connectivity index (χ3n) is 2.57. The van der Waals surface area contributed by atoms with E-state index in [0.29, 0.717) is 10.6 Å². The van der Waals surface area contributed by atoms with E-state index in [1.807, 2.05) is 32.9 Å². The number of benzene rings is 1. The monoisotopic (exact) mass is 250 g/mol. The first-order valence-corrected chi connectivity index (χ1v) is 5.99. The Morgan fingerprint density at radius 1 is 1.29 bits per heavy atom. The van der Waals surface area contributed by atoms with Crippen LogP contribution in [-0.4, -0.2) is 16.9 Å². The Morgan fingerprint density at radius 2 is 1.82 bits per heavy atom. The van der Waals surface area contributed by atoms with Gasteiger partial charge in [0.05, 0.1) is 11.0 Å². The van der Waals surface area contributed by atoms with E-state index in [2.05, 4.69) is 5.32 Å². The molecule has 17 heavy (non-hydrogen) atoms. The van der Waals surface area contributed by atoms with Gasteiger partial charge in [-0.1, -0.05) is 43.8 Å². The van der Waals surface area contributed by atoms with Gasteiger partial charge in [0.1, 0.15) is 0 Å². The maximum Gasteiger partial charge on any atom is 0.251 e. The normalized spacial score (nSPS) is 12.2. The summed E-state index contributed by atoms with van der Waals surface area (Å²) >= 11 is 4.95. The van der Waals surface area contributed by atoms with Crippen molar-refractivity contribution in [1.29, 1.82) is 0 Å². The number of hydrogen-bond acceptors (Lipinski definition) is 2. The zero-order valence-corrected chi connectivity index (χ0v) is 11.2. The Balaban J connectivity index is 2.77. The number of carbonyl (C=O) groups is 1. The van der Waals surface area contributed by atoms with Crippen LogP contribution in [0.5, 0.6) is 0 Å². The maximum absolute atomic E-state index is 11.9. The molecule has 0 aliphatic rings. The van der Waals surface area contributed by atoms with Crippen LogP contribution in [0.2, 0.25) is 0 Å². The molecule has 3 N–H and O–H groups in total. The standard InChI is InChI=1S/C13H18N2OS/c1-8(2)11(12(14)17)15-13(16)10-6-4-9(3)5-7-10/h4-8,11H,1-3H3,(H2,14,17)(H,15,16). The summed E-state index contributed by atoms with van der Waals surface area (Å²) in [6.07, 6.45) is 0. The number of hydrogen-bond donors (Lipinski definition) is 2. The molecule has 1 aromatic rings. The third kappa shape index (κ3) is 3.82. The first kappa shape index (κ1) is 13.6. The highest BCUT2D eigenvalue weighted by atomic mass is 32.1. The predicted octanol–water partition coefficient (Wildman–Crippen LogP) is 2.04. The third-order valence-corrected chi connectivity index (χ3v) is 2.83. The summed E-state index contributed by atoms with van der Waals surface area (Å²) in [5.74, 6) is 0.0402. The fraction of sp³-hybridized carbons (Fsp3) is 0.385. The minimum absolute atomic E-state index is 0.142. The highest BCUT2D eigenvalue weighted by Gasteiger charge is 2.19. The number of nitrogens with one attached hydrogen (secondary N) is 1. The molecule has 0 bridgehead atoms. The lowest BCUT2D eigenvalue weighted by Crippen LogP contribution is -2.46. The van der Waals surface area contributed by atoms with Crippen LogP contribution in [-0.2, 0) is 0 Å². The molecule has 0 spiro atoms. The second kappa shape index (κ2) is 5.77. The van der Waals surface area contributed by atoms with Gasteiger partial charge in [0, 0.05) is 5.56 Å². The molecule has 0 heterocycles. The number of rotatable bonds is 4. The van der Waals surface area contributed by atoms with E-state index in [1.54, 1.807) is 12.1 Å². The highest BCUT2D eigenvalue weighted by molar-refractivity contribution is 7.80. The zero-order chi connectivity index (χ0) is 13.0. The van der Waals surface area contributed by atoms with E-state index in [9.17, 15) is 4.79 Å². The SMILES string of the molecule is Cc1ccc(C(=O)NC(C(N)=S)C(C)C)cc1. The molecular weight excluding hydrogens is 232 g/mol. The quantitative estimate of drug-likeness (QED) is 0.804. The van der Waals surface area contributed by atoms with E-state index < -0.39 is 0 Å². The van der Waals surface area contributed by atoms with Gasteiger partial charge < -0.3 is 11.1 Å². The molecule has 0 aromatic heterocycles. The van der Waals surface area contributed by atoms with E-state index in [-0.39, 0.29) is 17.9 Å². The lowest BCUT2D eigenvalue weighted by Gasteiger charge is -2.21. The molecule has 0 saturated heterocycles. The van der Waals surface area contributed by atoms with Crippen LogP contribution in [0.15, 0.2) is 24.3 Å². The smallest absolute Gasteiger partial charge is 0.251 e. The molecule has 1 aromatic carbocycles. The molecule has 0 radical (unpaired) electrons. The Kier molecular flexibility index (Phi) is 4.63. The molecule has 0 saturated carbocycles. The summed E-state index contributed by atoms with van der Waals surface area (Å²) in [6, 6.07) is 7.13. The van der Waals surface area contributed by atoms with Crippen LogP contribution < -0.4 is 11.1 Å². The lowest BCUT2D eigenvalue weighted by molar-refractivity contribution is 0.0940. The second-order valence-electron chi connectivity index (χ2n) is 4.46. The topological polar surface area (TPSA) is 55.1 Å². The van der Waals surface area contributed by atoms with Gasteiger partial charge in [-0.25, -0.2) is 0 Å². The van der Waals surface area contributed by atoms with Crippen LogP contribution in [0.25, 0.3) is 0 Å². The van der Waals surface area contributed by atoms with Crippen molar-refractivity contribution >= 4 is 23.1 Å². The molecule has 0 aliphatic carbocycles. The van der Waals surface area contributed by atoms with Crippen LogP contribution in [0, 0.1) is 12.8 Å². The molecule has 1 amide bonds. The van der Waals surface area contributed by atoms with Crippen LogP contribution in [0.1, 0.15) is 29.8 Å². The molecule has 1 atom stereocenters. The summed E-state index contributed by atoms with van der Waals surface area (Å²) in [6.45, 7) is 5.92. The Labute approximate surface area is 107 Å². The largest absolute Gasteiger partial charge is 0.392 e. The fourth-order valence-corrected chi connectivity index (χ4v) is 1.83. The zero-order valence-electron chi connectivity index (χ0n) is 10.4. The van der Waals surface area contributed by atoms with Gasteiger partial charge in [0.2, 0.25) is 0 Å². The minimum Gasteiger partial charge on any atom is -0.392 e. The van der Waals surface area contributed by atoms with Crippen molar-refractivity contribution < 1.29 is 4.79 Å². The molecule has 0 aliphatic heterocycles. The number of aryl methyl sites for hydroxylation is 1. The Morgan fingerprint density at radius 3 is 2.24 bits per heavy atom. The van der Waals surface area contributed by atoms with Gasteiger partial charge in [0.15, 0.2) is 0 Å². The molecule has 1 unspecified atom stereocenters. The maximum atomic E-state index is 11.9. The average molecular weight is 250 g/mol. The highest BCUT2D eigenvalue weighted by Crippen LogP contribution is 2.06. The van der Waals surface area contributed by atoms with Crippen molar-refractivity contribution in [2.75, 3.05) is 0 Å². The fourth-order valence-electron chi connectivity index (χ4n) is 1.50.